The Labute approximate surface area is 226 Å². The molecule has 1 saturated carbocycles. The summed E-state index contributed by atoms with van der Waals surface area (Å²) in [7, 11) is 1.34. The second-order valence-electron chi connectivity index (χ2n) is 11.3. The maximum absolute atomic E-state index is 14.0. The summed E-state index contributed by atoms with van der Waals surface area (Å²) in [6, 6.07) is 3.96. The lowest BCUT2D eigenvalue weighted by Gasteiger charge is -2.41. The molecule has 212 valence electrons. The number of hydrogen-bond donors (Lipinski definition) is 0. The third-order valence-electron chi connectivity index (χ3n) is 8.90. The van der Waals surface area contributed by atoms with E-state index in [2.05, 4.69) is 23.7 Å². The molecule has 1 aliphatic carbocycles. The van der Waals surface area contributed by atoms with Gasteiger partial charge in [0.05, 0.1) is 31.0 Å². The minimum absolute atomic E-state index is 0.0355. The first-order valence-corrected chi connectivity index (χ1v) is 13.5. The average Bonchev–Trinajstić information content (AvgIpc) is 3.60. The summed E-state index contributed by atoms with van der Waals surface area (Å²) in [4.78, 5) is 33.9. The van der Waals surface area contributed by atoms with Crippen LogP contribution in [0, 0.1) is 11.3 Å². The fourth-order valence-corrected chi connectivity index (χ4v) is 6.49. The van der Waals surface area contributed by atoms with E-state index < -0.39 is 23.1 Å². The SMILES string of the molecule is COC(=O)c1cn(C2CCN([C@@H]3CC[C@@](C(=O)N4COc5ccc(C(F)(F)F)cc5C4)(C(C)C)C3)CC2)cn1. The summed E-state index contributed by atoms with van der Waals surface area (Å²) in [5.41, 5.74) is -0.631. The van der Waals surface area contributed by atoms with Gasteiger partial charge in [-0.1, -0.05) is 13.8 Å². The van der Waals surface area contributed by atoms with Crippen molar-refractivity contribution in [2.45, 2.75) is 70.8 Å². The van der Waals surface area contributed by atoms with Crippen LogP contribution in [0.2, 0.25) is 0 Å². The maximum Gasteiger partial charge on any atom is 0.416 e. The Balaban J connectivity index is 1.24. The zero-order valence-corrected chi connectivity index (χ0v) is 22.5. The molecule has 1 aromatic carbocycles. The lowest BCUT2D eigenvalue weighted by molar-refractivity contribution is -0.150. The van der Waals surface area contributed by atoms with Gasteiger partial charge in [-0.15, -0.1) is 0 Å². The molecule has 5 rings (SSSR count). The van der Waals surface area contributed by atoms with Crippen molar-refractivity contribution in [2.75, 3.05) is 26.9 Å². The molecule has 1 aromatic heterocycles. The van der Waals surface area contributed by atoms with Gasteiger partial charge in [-0.3, -0.25) is 4.79 Å². The first kappa shape index (κ1) is 27.5. The number of hydrogen-bond acceptors (Lipinski definition) is 6. The highest BCUT2D eigenvalue weighted by molar-refractivity contribution is 5.86. The van der Waals surface area contributed by atoms with Crippen LogP contribution in [0.5, 0.6) is 5.75 Å². The van der Waals surface area contributed by atoms with Crippen molar-refractivity contribution in [2.24, 2.45) is 11.3 Å². The fraction of sp³-hybridized carbons (Fsp3) is 0.607. The van der Waals surface area contributed by atoms with E-state index in [1.165, 1.54) is 13.2 Å². The molecule has 0 unspecified atom stereocenters. The summed E-state index contributed by atoms with van der Waals surface area (Å²) >= 11 is 0. The third kappa shape index (κ3) is 5.25. The fourth-order valence-electron chi connectivity index (χ4n) is 6.49. The smallest absolute Gasteiger partial charge is 0.416 e. The molecule has 2 aliphatic heterocycles. The quantitative estimate of drug-likeness (QED) is 0.495. The first-order chi connectivity index (χ1) is 18.5. The van der Waals surface area contributed by atoms with Crippen LogP contribution in [-0.4, -0.2) is 64.2 Å². The zero-order valence-electron chi connectivity index (χ0n) is 22.5. The molecule has 1 amide bonds. The minimum Gasteiger partial charge on any atom is -0.473 e. The number of imidazole rings is 1. The Kier molecular flexibility index (Phi) is 7.39. The second-order valence-corrected chi connectivity index (χ2v) is 11.3. The molecule has 8 nitrogen and oxygen atoms in total. The van der Waals surface area contributed by atoms with Crippen LogP contribution < -0.4 is 4.74 Å². The van der Waals surface area contributed by atoms with Gasteiger partial charge >= 0.3 is 12.1 Å². The number of nitrogens with zero attached hydrogens (tertiary/aromatic N) is 4. The maximum atomic E-state index is 14.0. The molecule has 3 aliphatic rings. The number of ether oxygens (including phenoxy) is 2. The number of rotatable bonds is 5. The van der Waals surface area contributed by atoms with Crippen molar-refractivity contribution in [3.63, 3.8) is 0 Å². The lowest BCUT2D eigenvalue weighted by Crippen LogP contribution is -2.49. The van der Waals surface area contributed by atoms with Crippen molar-refractivity contribution in [3.05, 3.63) is 47.5 Å². The van der Waals surface area contributed by atoms with Gasteiger partial charge in [0.25, 0.3) is 0 Å². The number of amides is 1. The monoisotopic (exact) mass is 548 g/mol. The van der Waals surface area contributed by atoms with E-state index in [0.717, 1.165) is 57.3 Å². The topological polar surface area (TPSA) is 76.9 Å². The number of carbonyl (C=O) groups excluding carboxylic acids is 2. The lowest BCUT2D eigenvalue weighted by atomic mass is 9.74. The number of alkyl halides is 3. The number of benzene rings is 1. The summed E-state index contributed by atoms with van der Waals surface area (Å²) in [5, 5.41) is 0. The van der Waals surface area contributed by atoms with E-state index >= 15 is 0 Å². The number of esters is 1. The van der Waals surface area contributed by atoms with Gasteiger partial charge in [0.2, 0.25) is 5.91 Å². The summed E-state index contributed by atoms with van der Waals surface area (Å²) < 4.78 is 52.3. The normalized spacial score (nSPS) is 24.5. The molecule has 0 radical (unpaired) electrons. The van der Waals surface area contributed by atoms with Crippen LogP contribution in [0.25, 0.3) is 0 Å². The highest BCUT2D eigenvalue weighted by atomic mass is 19.4. The number of likely N-dealkylation sites (tertiary alicyclic amines) is 1. The van der Waals surface area contributed by atoms with E-state index in [4.69, 9.17) is 9.47 Å². The van der Waals surface area contributed by atoms with Gasteiger partial charge in [0.15, 0.2) is 12.4 Å². The van der Waals surface area contributed by atoms with Gasteiger partial charge in [0.1, 0.15) is 5.75 Å². The largest absolute Gasteiger partial charge is 0.473 e. The molecule has 11 heteroatoms. The number of methoxy groups -OCH3 is 1. The molecular formula is C28H35F3N4O4. The van der Waals surface area contributed by atoms with E-state index in [1.54, 1.807) is 17.4 Å². The highest BCUT2D eigenvalue weighted by Crippen LogP contribution is 2.48. The molecule has 3 heterocycles. The molecule has 2 aromatic rings. The van der Waals surface area contributed by atoms with Crippen molar-refractivity contribution < 1.29 is 32.2 Å². The number of fused-ring (bicyclic) bond motifs is 1. The van der Waals surface area contributed by atoms with E-state index in [-0.39, 0.29) is 37.2 Å². The molecule has 39 heavy (non-hydrogen) atoms. The Bertz CT molecular complexity index is 1220. The highest BCUT2D eigenvalue weighted by Gasteiger charge is 2.51. The Hall–Kier alpha value is -3.08. The first-order valence-electron chi connectivity index (χ1n) is 13.5. The molecular weight excluding hydrogens is 513 g/mol. The number of halogens is 3. The zero-order chi connectivity index (χ0) is 27.9. The molecule has 2 atom stereocenters. The molecule has 0 spiro atoms. The van der Waals surface area contributed by atoms with Crippen molar-refractivity contribution in [1.29, 1.82) is 0 Å². The van der Waals surface area contributed by atoms with Crippen LogP contribution >= 0.6 is 0 Å². The number of piperidine rings is 1. The second kappa shape index (κ2) is 10.5. The van der Waals surface area contributed by atoms with Gasteiger partial charge in [0, 0.05) is 36.9 Å². The van der Waals surface area contributed by atoms with Crippen LogP contribution in [0.4, 0.5) is 13.2 Å². The van der Waals surface area contributed by atoms with E-state index in [0.29, 0.717) is 17.0 Å². The van der Waals surface area contributed by atoms with Crippen LogP contribution in [0.1, 0.15) is 73.6 Å². The minimum atomic E-state index is -4.45. The predicted octanol–water partition coefficient (Wildman–Crippen LogP) is 4.90. The van der Waals surface area contributed by atoms with Crippen LogP contribution in [-0.2, 0) is 22.3 Å². The van der Waals surface area contributed by atoms with Crippen molar-refractivity contribution >= 4 is 11.9 Å². The number of carbonyl (C=O) groups is 2. The van der Waals surface area contributed by atoms with Gasteiger partial charge in [-0.2, -0.15) is 13.2 Å². The van der Waals surface area contributed by atoms with Crippen LogP contribution in [0.15, 0.2) is 30.7 Å². The van der Waals surface area contributed by atoms with Crippen LogP contribution in [0.3, 0.4) is 0 Å². The van der Waals surface area contributed by atoms with Crippen molar-refractivity contribution in [3.8, 4) is 5.75 Å². The Morgan fingerprint density at radius 3 is 2.56 bits per heavy atom. The third-order valence-corrected chi connectivity index (χ3v) is 8.90. The Morgan fingerprint density at radius 2 is 1.90 bits per heavy atom. The van der Waals surface area contributed by atoms with Gasteiger partial charge < -0.3 is 23.8 Å². The standard InChI is InChI=1S/C28H35F3N4O4/c1-18(2)27(26(37)35-14-19-12-20(28(29,30)31)4-5-24(19)39-17-35)9-6-22(13-27)33-10-7-21(8-11-33)34-15-23(32-16-34)25(36)38-3/h4-5,12,15-16,18,21-22H,6-11,13-14,17H2,1-3H3/t22-,27+/m1/s1. The van der Waals surface area contributed by atoms with Gasteiger partial charge in [-0.05, 0) is 56.2 Å². The van der Waals surface area contributed by atoms with Crippen molar-refractivity contribution in [1.82, 2.24) is 19.4 Å². The molecule has 0 N–H and O–H groups in total. The molecule has 1 saturated heterocycles. The summed E-state index contributed by atoms with van der Waals surface area (Å²) in [5.74, 6) is -0.00512. The summed E-state index contributed by atoms with van der Waals surface area (Å²) in [6.45, 7) is 6.03. The van der Waals surface area contributed by atoms with E-state index in [9.17, 15) is 22.8 Å². The molecule has 2 fully saturated rings. The molecule has 0 bridgehead atoms. The average molecular weight is 549 g/mol. The summed E-state index contributed by atoms with van der Waals surface area (Å²) in [6.07, 6.45) is 3.15. The number of aromatic nitrogens is 2. The van der Waals surface area contributed by atoms with E-state index in [1.807, 2.05) is 4.57 Å². The Morgan fingerprint density at radius 1 is 1.15 bits per heavy atom. The van der Waals surface area contributed by atoms with Gasteiger partial charge in [-0.25, -0.2) is 9.78 Å². The predicted molar refractivity (Wildman–Crippen MR) is 136 cm³/mol.